The van der Waals surface area contributed by atoms with Crippen LogP contribution in [-0.4, -0.2) is 24.0 Å². The van der Waals surface area contributed by atoms with E-state index in [0.29, 0.717) is 12.3 Å². The maximum atomic E-state index is 12.2. The molecule has 1 unspecified atom stereocenters. The van der Waals surface area contributed by atoms with Crippen molar-refractivity contribution in [3.05, 3.63) is 16.1 Å². The molecule has 2 heterocycles. The monoisotopic (exact) mass is 365 g/mol. The standard InChI is InChI=1S/C15H23N3OS.2ClH/c1-11-10-20-14(17-11)15(6-2-7-15)18-13(19)4-3-12-5-8-16-9-12;;/h10,12,16H,2-9H2,1H3,(H,18,19);2*1H. The van der Waals surface area contributed by atoms with Gasteiger partial charge in [0.05, 0.1) is 5.54 Å². The lowest BCUT2D eigenvalue weighted by atomic mass is 9.77. The van der Waals surface area contributed by atoms with Crippen LogP contribution in [0, 0.1) is 12.8 Å². The number of hydrogen-bond donors (Lipinski definition) is 2. The number of amides is 1. The van der Waals surface area contributed by atoms with Crippen molar-refractivity contribution in [2.45, 2.75) is 51.0 Å². The van der Waals surface area contributed by atoms with E-state index in [9.17, 15) is 4.79 Å². The van der Waals surface area contributed by atoms with Crippen molar-refractivity contribution in [1.29, 1.82) is 0 Å². The van der Waals surface area contributed by atoms with Gasteiger partial charge in [-0.2, -0.15) is 0 Å². The fourth-order valence-electron chi connectivity index (χ4n) is 3.12. The Balaban J connectivity index is 0.00000121. The average Bonchev–Trinajstić information content (AvgIpc) is 3.02. The van der Waals surface area contributed by atoms with E-state index in [4.69, 9.17) is 0 Å². The zero-order chi connectivity index (χ0) is 14.0. The molecule has 7 heteroatoms. The quantitative estimate of drug-likeness (QED) is 0.842. The largest absolute Gasteiger partial charge is 0.344 e. The topological polar surface area (TPSA) is 54.0 Å². The minimum absolute atomic E-state index is 0. The minimum atomic E-state index is -0.149. The molecule has 0 radical (unpaired) electrons. The molecule has 1 atom stereocenters. The van der Waals surface area contributed by atoms with E-state index in [2.05, 4.69) is 21.0 Å². The molecule has 2 N–H and O–H groups in total. The van der Waals surface area contributed by atoms with Crippen molar-refractivity contribution >= 4 is 42.1 Å². The predicted octanol–water partition coefficient (Wildman–Crippen LogP) is 3.18. The first kappa shape index (κ1) is 19.7. The molecule has 2 fully saturated rings. The third-order valence-corrected chi connectivity index (χ3v) is 5.72. The summed E-state index contributed by atoms with van der Waals surface area (Å²) in [4.78, 5) is 16.8. The number of aromatic nitrogens is 1. The molecular formula is C15H25Cl2N3OS. The highest BCUT2D eigenvalue weighted by Gasteiger charge is 2.42. The van der Waals surface area contributed by atoms with Gasteiger partial charge in [-0.15, -0.1) is 36.2 Å². The number of rotatable bonds is 5. The van der Waals surface area contributed by atoms with E-state index in [1.54, 1.807) is 11.3 Å². The van der Waals surface area contributed by atoms with Gasteiger partial charge in [0.25, 0.3) is 0 Å². The summed E-state index contributed by atoms with van der Waals surface area (Å²) in [6.45, 7) is 4.19. The molecular weight excluding hydrogens is 341 g/mol. The summed E-state index contributed by atoms with van der Waals surface area (Å²) in [6.07, 6.45) is 6.13. The molecule has 1 amide bonds. The Morgan fingerprint density at radius 3 is 2.77 bits per heavy atom. The van der Waals surface area contributed by atoms with Gasteiger partial charge in [-0.3, -0.25) is 4.79 Å². The Hall–Kier alpha value is -0.360. The summed E-state index contributed by atoms with van der Waals surface area (Å²) in [5, 5.41) is 9.80. The van der Waals surface area contributed by atoms with Crippen LogP contribution in [0.15, 0.2) is 5.38 Å². The highest BCUT2D eigenvalue weighted by Crippen LogP contribution is 2.42. The predicted molar refractivity (Wildman–Crippen MR) is 95.2 cm³/mol. The molecule has 1 aliphatic heterocycles. The Kier molecular flexibility index (Phi) is 7.59. The second-order valence-corrected chi connectivity index (χ2v) is 7.03. The molecule has 4 nitrogen and oxygen atoms in total. The van der Waals surface area contributed by atoms with Crippen molar-refractivity contribution in [3.8, 4) is 0 Å². The van der Waals surface area contributed by atoms with E-state index in [0.717, 1.165) is 43.1 Å². The van der Waals surface area contributed by atoms with Crippen LogP contribution in [0.3, 0.4) is 0 Å². The van der Waals surface area contributed by atoms with Crippen LogP contribution < -0.4 is 10.6 Å². The Labute approximate surface area is 148 Å². The van der Waals surface area contributed by atoms with Gasteiger partial charge in [-0.25, -0.2) is 4.98 Å². The van der Waals surface area contributed by atoms with Gasteiger partial charge in [0.1, 0.15) is 5.01 Å². The summed E-state index contributed by atoms with van der Waals surface area (Å²) >= 11 is 1.68. The first-order chi connectivity index (χ1) is 9.68. The number of hydrogen-bond acceptors (Lipinski definition) is 4. The fraction of sp³-hybridized carbons (Fsp3) is 0.733. The molecule has 126 valence electrons. The third kappa shape index (κ3) is 4.34. The van der Waals surface area contributed by atoms with Crippen molar-refractivity contribution in [2.24, 2.45) is 5.92 Å². The van der Waals surface area contributed by atoms with Crippen molar-refractivity contribution in [3.63, 3.8) is 0 Å². The van der Waals surface area contributed by atoms with Crippen LogP contribution in [-0.2, 0) is 10.3 Å². The number of aryl methyl sites for hydroxylation is 1. The van der Waals surface area contributed by atoms with Gasteiger partial charge in [-0.1, -0.05) is 0 Å². The van der Waals surface area contributed by atoms with E-state index in [1.807, 2.05) is 6.92 Å². The van der Waals surface area contributed by atoms with Gasteiger partial charge >= 0.3 is 0 Å². The zero-order valence-electron chi connectivity index (χ0n) is 12.9. The molecule has 1 aromatic heterocycles. The molecule has 2 aliphatic rings. The molecule has 3 rings (SSSR count). The van der Waals surface area contributed by atoms with E-state index in [1.165, 1.54) is 12.8 Å². The molecule has 1 aromatic rings. The molecule has 1 saturated carbocycles. The van der Waals surface area contributed by atoms with Crippen LogP contribution in [0.4, 0.5) is 0 Å². The van der Waals surface area contributed by atoms with E-state index in [-0.39, 0.29) is 36.3 Å². The maximum absolute atomic E-state index is 12.2. The Morgan fingerprint density at radius 2 is 2.27 bits per heavy atom. The summed E-state index contributed by atoms with van der Waals surface area (Å²) in [5.41, 5.74) is 0.909. The van der Waals surface area contributed by atoms with Crippen LogP contribution in [0.5, 0.6) is 0 Å². The third-order valence-electron chi connectivity index (χ3n) is 4.56. The van der Waals surface area contributed by atoms with Crippen LogP contribution >= 0.6 is 36.2 Å². The second-order valence-electron chi connectivity index (χ2n) is 6.18. The molecule has 0 aromatic carbocycles. The fourth-order valence-corrected chi connectivity index (χ4v) is 4.13. The molecule has 1 saturated heterocycles. The number of carbonyl (C=O) groups excluding carboxylic acids is 1. The maximum Gasteiger partial charge on any atom is 0.220 e. The van der Waals surface area contributed by atoms with Crippen molar-refractivity contribution < 1.29 is 4.79 Å². The average molecular weight is 366 g/mol. The summed E-state index contributed by atoms with van der Waals surface area (Å²) < 4.78 is 0. The van der Waals surface area contributed by atoms with E-state index >= 15 is 0 Å². The van der Waals surface area contributed by atoms with Crippen LogP contribution in [0.1, 0.15) is 49.2 Å². The highest BCUT2D eigenvalue weighted by atomic mass is 35.5. The SMILES string of the molecule is Cc1csc(C2(NC(=O)CCC3CCNC3)CCC2)n1.Cl.Cl. The molecule has 1 aliphatic carbocycles. The summed E-state index contributed by atoms with van der Waals surface area (Å²) in [5.74, 6) is 0.879. The lowest BCUT2D eigenvalue weighted by Gasteiger charge is -2.41. The highest BCUT2D eigenvalue weighted by molar-refractivity contribution is 7.09. The van der Waals surface area contributed by atoms with Gasteiger partial charge in [-0.05, 0) is 58.0 Å². The minimum Gasteiger partial charge on any atom is -0.344 e. The van der Waals surface area contributed by atoms with Gasteiger partial charge in [0.2, 0.25) is 5.91 Å². The molecule has 22 heavy (non-hydrogen) atoms. The van der Waals surface area contributed by atoms with Gasteiger partial charge in [0.15, 0.2) is 0 Å². The summed E-state index contributed by atoms with van der Waals surface area (Å²) in [6, 6.07) is 0. The Bertz CT molecular complexity index is 485. The van der Waals surface area contributed by atoms with Gasteiger partial charge < -0.3 is 10.6 Å². The van der Waals surface area contributed by atoms with Crippen LogP contribution in [0.25, 0.3) is 0 Å². The lowest BCUT2D eigenvalue weighted by Crippen LogP contribution is -2.50. The van der Waals surface area contributed by atoms with Gasteiger partial charge in [0, 0.05) is 17.5 Å². The normalized spacial score (nSPS) is 22.1. The van der Waals surface area contributed by atoms with Crippen LogP contribution in [0.2, 0.25) is 0 Å². The summed E-state index contributed by atoms with van der Waals surface area (Å²) in [7, 11) is 0. The molecule has 0 bridgehead atoms. The van der Waals surface area contributed by atoms with E-state index < -0.39 is 0 Å². The smallest absolute Gasteiger partial charge is 0.220 e. The Morgan fingerprint density at radius 1 is 1.50 bits per heavy atom. The zero-order valence-corrected chi connectivity index (χ0v) is 15.3. The first-order valence-corrected chi connectivity index (χ1v) is 8.50. The number of thiazole rings is 1. The number of carbonyl (C=O) groups is 1. The number of halogens is 2. The van der Waals surface area contributed by atoms with Crippen molar-refractivity contribution in [2.75, 3.05) is 13.1 Å². The number of nitrogens with zero attached hydrogens (tertiary/aromatic N) is 1. The lowest BCUT2D eigenvalue weighted by molar-refractivity contribution is -0.124. The number of nitrogens with one attached hydrogen (secondary N) is 2. The first-order valence-electron chi connectivity index (χ1n) is 7.62. The van der Waals surface area contributed by atoms with Crippen molar-refractivity contribution in [1.82, 2.24) is 15.6 Å². The molecule has 0 spiro atoms. The second kappa shape index (κ2) is 8.48.